The molecule has 2 N–H and O–H groups in total. The van der Waals surface area contributed by atoms with E-state index in [0.717, 1.165) is 23.7 Å². The van der Waals surface area contributed by atoms with Crippen molar-refractivity contribution in [2.24, 2.45) is 7.05 Å². The number of aliphatic hydroxyl groups excluding tert-OH is 1. The largest absolute Gasteiger partial charge is 0.476 e. The van der Waals surface area contributed by atoms with Crippen molar-refractivity contribution in [3.05, 3.63) is 98.3 Å². The van der Waals surface area contributed by atoms with Crippen LogP contribution in [0.2, 0.25) is 15.1 Å². The predicted octanol–water partition coefficient (Wildman–Crippen LogP) is 8.40. The number of rotatable bonds is 7. The molecule has 0 bridgehead atoms. The molecule has 0 amide bonds. The van der Waals surface area contributed by atoms with E-state index in [4.69, 9.17) is 49.2 Å². The highest BCUT2D eigenvalue weighted by atomic mass is 35.5. The number of halogens is 3. The van der Waals surface area contributed by atoms with Crippen LogP contribution in [0.15, 0.2) is 65.2 Å². The van der Waals surface area contributed by atoms with Crippen LogP contribution in [0.5, 0.6) is 5.75 Å². The molecule has 2 aliphatic rings. The normalized spacial score (nSPS) is 15.3. The van der Waals surface area contributed by atoms with E-state index in [1.54, 1.807) is 54.2 Å². The average molecular weight is 627 g/mol. The molecule has 3 aromatic carbocycles. The van der Waals surface area contributed by atoms with Crippen LogP contribution in [0.3, 0.4) is 0 Å². The van der Waals surface area contributed by atoms with E-state index in [1.165, 1.54) is 18.4 Å². The first-order chi connectivity index (χ1) is 20.2. The fourth-order valence-corrected chi connectivity index (χ4v) is 5.68. The van der Waals surface area contributed by atoms with Crippen LogP contribution in [0.4, 0.5) is 0 Å². The third kappa shape index (κ3) is 5.85. The first kappa shape index (κ1) is 28.6. The monoisotopic (exact) mass is 625 g/mol. The second kappa shape index (κ2) is 11.6. The van der Waals surface area contributed by atoms with Crippen LogP contribution in [0.1, 0.15) is 71.2 Å². The molecule has 42 heavy (non-hydrogen) atoms. The van der Waals surface area contributed by atoms with Gasteiger partial charge in [0.25, 0.3) is 0 Å². The van der Waals surface area contributed by atoms with Crippen LogP contribution in [-0.2, 0) is 7.05 Å². The number of carboxylic acids is 1. The molecule has 7 rings (SSSR count). The number of carboxylic acid groups (broad SMARTS) is 1. The van der Waals surface area contributed by atoms with Crippen molar-refractivity contribution in [1.29, 1.82) is 0 Å². The highest BCUT2D eigenvalue weighted by molar-refractivity contribution is 6.39. The maximum Gasteiger partial charge on any atom is 0.357 e. The van der Waals surface area contributed by atoms with Crippen molar-refractivity contribution in [1.82, 2.24) is 14.9 Å². The van der Waals surface area contributed by atoms with Crippen LogP contribution < -0.4 is 4.74 Å². The minimum atomic E-state index is -1.29. The van der Waals surface area contributed by atoms with Gasteiger partial charge in [0.05, 0.1) is 21.1 Å². The minimum absolute atomic E-state index is 0.139. The van der Waals surface area contributed by atoms with E-state index in [1.807, 2.05) is 12.1 Å². The molecule has 216 valence electrons. The molecule has 11 heteroatoms. The summed E-state index contributed by atoms with van der Waals surface area (Å²) in [6.07, 6.45) is 3.14. The number of fused-ring (bicyclic) bond motifs is 1. The molecule has 5 aromatic rings. The summed E-state index contributed by atoms with van der Waals surface area (Å²) >= 11 is 18.6. The molecule has 0 saturated heterocycles. The Hall–Kier alpha value is -3.56. The van der Waals surface area contributed by atoms with Crippen molar-refractivity contribution in [3.63, 3.8) is 0 Å². The molecule has 0 spiro atoms. The first-order valence-corrected chi connectivity index (χ1v) is 14.6. The van der Waals surface area contributed by atoms with Gasteiger partial charge in [0.15, 0.2) is 5.69 Å². The number of benzene rings is 3. The number of aromatic nitrogens is 3. The Bertz CT molecular complexity index is 1770. The van der Waals surface area contributed by atoms with Crippen molar-refractivity contribution < 1.29 is 24.3 Å². The quantitative estimate of drug-likeness (QED) is 0.175. The predicted molar refractivity (Wildman–Crippen MR) is 161 cm³/mol. The van der Waals surface area contributed by atoms with Crippen molar-refractivity contribution in [2.75, 3.05) is 0 Å². The molecule has 2 saturated carbocycles. The summed E-state index contributed by atoms with van der Waals surface area (Å²) in [5.74, 6) is 0.956. The van der Waals surface area contributed by atoms with Gasteiger partial charge in [-0.15, -0.1) is 0 Å². The summed E-state index contributed by atoms with van der Waals surface area (Å²) in [5, 5.41) is 30.0. The zero-order chi connectivity index (χ0) is 29.5. The summed E-state index contributed by atoms with van der Waals surface area (Å²) in [5.41, 5.74) is 3.68. The Kier molecular flexibility index (Phi) is 7.89. The lowest BCUT2D eigenvalue weighted by molar-refractivity contribution is -0.0203. The van der Waals surface area contributed by atoms with E-state index in [2.05, 4.69) is 16.3 Å². The Morgan fingerprint density at radius 1 is 1.00 bits per heavy atom. The summed E-state index contributed by atoms with van der Waals surface area (Å²) in [4.78, 5) is 11.0. The van der Waals surface area contributed by atoms with E-state index in [0.29, 0.717) is 49.3 Å². The molecule has 0 radical (unpaired) electrons. The first-order valence-electron chi connectivity index (χ1n) is 13.4. The van der Waals surface area contributed by atoms with Gasteiger partial charge in [0, 0.05) is 28.9 Å². The zero-order valence-corrected chi connectivity index (χ0v) is 24.7. The molecular formula is C31H26Cl3N3O5. The molecule has 0 aliphatic heterocycles. The van der Waals surface area contributed by atoms with E-state index in [-0.39, 0.29) is 11.6 Å². The van der Waals surface area contributed by atoms with Gasteiger partial charge in [0.1, 0.15) is 17.2 Å². The molecule has 2 fully saturated rings. The summed E-state index contributed by atoms with van der Waals surface area (Å²) in [7, 11) is 1.78. The minimum Gasteiger partial charge on any atom is -0.476 e. The van der Waals surface area contributed by atoms with Crippen LogP contribution in [0, 0.1) is 0 Å². The number of aryl methyl sites for hydroxylation is 1. The summed E-state index contributed by atoms with van der Waals surface area (Å²) in [6.45, 7) is 0. The van der Waals surface area contributed by atoms with Gasteiger partial charge in [-0.05, 0) is 73.6 Å². The number of hydrogen-bond acceptors (Lipinski definition) is 6. The summed E-state index contributed by atoms with van der Waals surface area (Å²) in [6, 6.07) is 17.9. The lowest BCUT2D eigenvalue weighted by Gasteiger charge is -2.15. The Morgan fingerprint density at radius 2 is 1.69 bits per heavy atom. The summed E-state index contributed by atoms with van der Waals surface area (Å²) < 4.78 is 12.9. The SMILES string of the molecule is Cn1nc(C(=O)O)c2ccc(C3CC3)cc21.OC(Oc1cccc(Cl)c1)c1c(-c2c(Cl)cccc2Cl)noc1C1CC1. The van der Waals surface area contributed by atoms with Crippen molar-refractivity contribution >= 4 is 51.7 Å². The van der Waals surface area contributed by atoms with Crippen molar-refractivity contribution in [2.45, 2.75) is 43.8 Å². The van der Waals surface area contributed by atoms with Crippen molar-refractivity contribution in [3.8, 4) is 17.0 Å². The lowest BCUT2D eigenvalue weighted by atomic mass is 10.0. The zero-order valence-electron chi connectivity index (χ0n) is 22.4. The van der Waals surface area contributed by atoms with Crippen LogP contribution >= 0.6 is 34.8 Å². The van der Waals surface area contributed by atoms with Gasteiger partial charge < -0.3 is 19.5 Å². The standard InChI is InChI=1S/C19H14Cl3NO3.C12H12N2O2/c20-11-3-1-4-12(9-11)25-19(24)16-17(23-26-18(16)10-7-8-10)15-13(21)5-2-6-14(15)22;1-14-10-6-8(7-2-3-7)4-5-9(10)11(13-14)12(15)16/h1-6,9-10,19,24H,7-8H2;4-7H,2-3H2,1H3,(H,15,16). The van der Waals surface area contributed by atoms with Gasteiger partial charge in [-0.2, -0.15) is 5.10 Å². The second-order valence-electron chi connectivity index (χ2n) is 10.4. The van der Waals surface area contributed by atoms with Gasteiger partial charge >= 0.3 is 5.97 Å². The smallest absolute Gasteiger partial charge is 0.357 e. The van der Waals surface area contributed by atoms with E-state index >= 15 is 0 Å². The molecule has 1 atom stereocenters. The van der Waals surface area contributed by atoms with E-state index in [9.17, 15) is 9.90 Å². The number of aliphatic hydroxyl groups is 1. The second-order valence-corrected chi connectivity index (χ2v) is 11.7. The molecule has 8 nitrogen and oxygen atoms in total. The molecule has 2 aliphatic carbocycles. The highest BCUT2D eigenvalue weighted by Crippen LogP contribution is 2.48. The molecule has 1 unspecified atom stereocenters. The number of carbonyl (C=O) groups is 1. The maximum absolute atomic E-state index is 11.0. The Morgan fingerprint density at radius 3 is 2.33 bits per heavy atom. The van der Waals surface area contributed by atoms with Gasteiger partial charge in [-0.25, -0.2) is 4.79 Å². The lowest BCUT2D eigenvalue weighted by Crippen LogP contribution is -2.09. The Labute approximate surface area is 256 Å². The third-order valence-corrected chi connectivity index (χ3v) is 8.19. The third-order valence-electron chi connectivity index (χ3n) is 7.32. The van der Waals surface area contributed by atoms with Gasteiger partial charge in [-0.3, -0.25) is 4.68 Å². The fourth-order valence-electron chi connectivity index (χ4n) is 4.92. The van der Waals surface area contributed by atoms with E-state index < -0.39 is 12.3 Å². The number of ether oxygens (including phenoxy) is 1. The fraction of sp³-hybridized carbons (Fsp3) is 0.258. The molecular weight excluding hydrogens is 601 g/mol. The Balaban J connectivity index is 0.000000168. The average Bonchev–Trinajstić information content (AvgIpc) is 3.89. The topological polar surface area (TPSA) is 111 Å². The highest BCUT2D eigenvalue weighted by Gasteiger charge is 2.37. The maximum atomic E-state index is 11.0. The van der Waals surface area contributed by atoms with Crippen LogP contribution in [0.25, 0.3) is 22.2 Å². The van der Waals surface area contributed by atoms with Gasteiger partial charge in [-0.1, -0.05) is 64.2 Å². The number of hydrogen-bond donors (Lipinski definition) is 2. The number of aromatic carboxylic acids is 1. The molecule has 2 heterocycles. The number of nitrogens with zero attached hydrogens (tertiary/aromatic N) is 3. The van der Waals surface area contributed by atoms with Gasteiger partial charge in [0.2, 0.25) is 6.29 Å². The van der Waals surface area contributed by atoms with Crippen LogP contribution in [-0.4, -0.2) is 31.1 Å². The molecule has 2 aromatic heterocycles.